The molecule has 0 aliphatic heterocycles. The van der Waals surface area contributed by atoms with Crippen LogP contribution in [0, 0.1) is 5.82 Å². The van der Waals surface area contributed by atoms with Gasteiger partial charge >= 0.3 is 0 Å². The summed E-state index contributed by atoms with van der Waals surface area (Å²) in [5, 5.41) is 0. The van der Waals surface area contributed by atoms with Crippen LogP contribution in [0.25, 0.3) is 0 Å². The van der Waals surface area contributed by atoms with E-state index in [1.165, 1.54) is 0 Å². The van der Waals surface area contributed by atoms with Crippen molar-refractivity contribution in [3.63, 3.8) is 0 Å². The topological polar surface area (TPSA) is 54.5 Å². The standard InChI is InChI=1S/C13H14BrClFNO3S/c1-2-5-17(9-3-4-9)13(18)8-6-10(16)12(14)11(7-8)21(15,19)20/h6-7,9H,2-5H2,1H3. The third-order valence-corrected chi connectivity index (χ3v) is 5.63. The summed E-state index contributed by atoms with van der Waals surface area (Å²) in [7, 11) is 1.14. The first-order valence-corrected chi connectivity index (χ1v) is 9.60. The quantitative estimate of drug-likeness (QED) is 0.713. The zero-order valence-electron chi connectivity index (χ0n) is 11.3. The van der Waals surface area contributed by atoms with Gasteiger partial charge in [0.15, 0.2) is 0 Å². The number of nitrogens with zero attached hydrogens (tertiary/aromatic N) is 1. The molecule has 1 amide bonds. The molecule has 0 heterocycles. The minimum absolute atomic E-state index is 0.00437. The minimum Gasteiger partial charge on any atom is -0.336 e. The summed E-state index contributed by atoms with van der Waals surface area (Å²) in [6.45, 7) is 2.50. The summed E-state index contributed by atoms with van der Waals surface area (Å²) in [5.74, 6) is -1.19. The Hall–Kier alpha value is -0.660. The number of rotatable bonds is 5. The average molecular weight is 399 g/mol. The second-order valence-electron chi connectivity index (χ2n) is 4.94. The fraction of sp³-hybridized carbons (Fsp3) is 0.462. The molecule has 1 aliphatic carbocycles. The molecule has 1 saturated carbocycles. The summed E-state index contributed by atoms with van der Waals surface area (Å²) < 4.78 is 36.5. The number of hydrogen-bond acceptors (Lipinski definition) is 3. The lowest BCUT2D eigenvalue weighted by Crippen LogP contribution is -2.34. The lowest BCUT2D eigenvalue weighted by molar-refractivity contribution is 0.0742. The van der Waals surface area contributed by atoms with Gasteiger partial charge in [0.2, 0.25) is 0 Å². The Balaban J connectivity index is 2.44. The summed E-state index contributed by atoms with van der Waals surface area (Å²) in [6.07, 6.45) is 2.62. The smallest absolute Gasteiger partial charge is 0.262 e. The molecule has 0 saturated heterocycles. The third-order valence-electron chi connectivity index (χ3n) is 3.22. The van der Waals surface area contributed by atoms with Crippen molar-refractivity contribution in [3.8, 4) is 0 Å². The molecular weight excluding hydrogens is 385 g/mol. The van der Waals surface area contributed by atoms with Gasteiger partial charge in [0.1, 0.15) is 10.7 Å². The average Bonchev–Trinajstić information content (AvgIpc) is 3.21. The van der Waals surface area contributed by atoms with Crippen molar-refractivity contribution >= 4 is 41.6 Å². The minimum atomic E-state index is -4.14. The van der Waals surface area contributed by atoms with E-state index in [4.69, 9.17) is 10.7 Å². The Labute approximate surface area is 135 Å². The fourth-order valence-electron chi connectivity index (χ4n) is 2.11. The number of carbonyl (C=O) groups excluding carboxylic acids is 1. The largest absolute Gasteiger partial charge is 0.336 e. The van der Waals surface area contributed by atoms with Crippen LogP contribution >= 0.6 is 26.6 Å². The Bertz CT molecular complexity index is 676. The molecule has 4 nitrogen and oxygen atoms in total. The maximum absolute atomic E-state index is 13.9. The van der Waals surface area contributed by atoms with Gasteiger partial charge in [-0.3, -0.25) is 4.79 Å². The molecule has 0 radical (unpaired) electrons. The van der Waals surface area contributed by atoms with Crippen LogP contribution in [-0.4, -0.2) is 31.8 Å². The number of hydrogen-bond donors (Lipinski definition) is 0. The van der Waals surface area contributed by atoms with E-state index < -0.39 is 19.8 Å². The molecule has 21 heavy (non-hydrogen) atoms. The van der Waals surface area contributed by atoms with Crippen molar-refractivity contribution in [1.82, 2.24) is 4.90 Å². The SMILES string of the molecule is CCCN(C(=O)c1cc(F)c(Br)c(S(=O)(=O)Cl)c1)C1CC1. The van der Waals surface area contributed by atoms with Crippen LogP contribution < -0.4 is 0 Å². The maximum atomic E-state index is 13.9. The third kappa shape index (κ3) is 3.76. The van der Waals surface area contributed by atoms with Crippen molar-refractivity contribution in [2.75, 3.05) is 6.54 Å². The highest BCUT2D eigenvalue weighted by molar-refractivity contribution is 9.10. The van der Waals surface area contributed by atoms with Gasteiger partial charge < -0.3 is 4.90 Å². The molecule has 0 bridgehead atoms. The van der Waals surface area contributed by atoms with Crippen LogP contribution in [-0.2, 0) is 9.05 Å². The molecule has 116 valence electrons. The van der Waals surface area contributed by atoms with E-state index in [9.17, 15) is 17.6 Å². The molecule has 0 aromatic heterocycles. The van der Waals surface area contributed by atoms with Crippen molar-refractivity contribution in [2.45, 2.75) is 37.1 Å². The molecule has 1 aromatic carbocycles. The predicted molar refractivity (Wildman–Crippen MR) is 81.5 cm³/mol. The summed E-state index contributed by atoms with van der Waals surface area (Å²) >= 11 is 2.84. The van der Waals surface area contributed by atoms with Crippen molar-refractivity contribution < 1.29 is 17.6 Å². The van der Waals surface area contributed by atoms with Gasteiger partial charge in [0, 0.05) is 28.8 Å². The molecule has 8 heteroatoms. The van der Waals surface area contributed by atoms with Crippen LogP contribution in [0.15, 0.2) is 21.5 Å². The van der Waals surface area contributed by atoms with Crippen LogP contribution in [0.3, 0.4) is 0 Å². The number of halogens is 3. The molecule has 1 aliphatic rings. The Morgan fingerprint density at radius 2 is 2.10 bits per heavy atom. The first kappa shape index (κ1) is 16.7. The van der Waals surface area contributed by atoms with E-state index in [1.807, 2.05) is 6.92 Å². The van der Waals surface area contributed by atoms with Gasteiger partial charge in [-0.05, 0) is 47.3 Å². The zero-order valence-corrected chi connectivity index (χ0v) is 14.4. The first-order valence-electron chi connectivity index (χ1n) is 6.50. The molecule has 1 fully saturated rings. The van der Waals surface area contributed by atoms with Gasteiger partial charge in [0.25, 0.3) is 15.0 Å². The van der Waals surface area contributed by atoms with Crippen molar-refractivity contribution in [2.24, 2.45) is 0 Å². The number of amides is 1. The number of benzene rings is 1. The van der Waals surface area contributed by atoms with E-state index in [0.717, 1.165) is 31.4 Å². The van der Waals surface area contributed by atoms with E-state index >= 15 is 0 Å². The van der Waals surface area contributed by atoms with E-state index in [0.29, 0.717) is 6.54 Å². The van der Waals surface area contributed by atoms with Crippen LogP contribution in [0.1, 0.15) is 36.5 Å². The summed E-state index contributed by atoms with van der Waals surface area (Å²) in [4.78, 5) is 13.7. The maximum Gasteiger partial charge on any atom is 0.262 e. The summed E-state index contributed by atoms with van der Waals surface area (Å²) in [5.41, 5.74) is -0.00437. The van der Waals surface area contributed by atoms with E-state index in [-0.39, 0.29) is 22.0 Å². The molecule has 0 unspecified atom stereocenters. The van der Waals surface area contributed by atoms with Crippen molar-refractivity contribution in [1.29, 1.82) is 0 Å². The van der Waals surface area contributed by atoms with Crippen LogP contribution in [0.2, 0.25) is 0 Å². The lowest BCUT2D eigenvalue weighted by atomic mass is 10.2. The van der Waals surface area contributed by atoms with Gasteiger partial charge in [-0.2, -0.15) is 0 Å². The van der Waals surface area contributed by atoms with Crippen LogP contribution in [0.5, 0.6) is 0 Å². The Kier molecular flexibility index (Phi) is 4.95. The first-order chi connectivity index (χ1) is 9.75. The highest BCUT2D eigenvalue weighted by Gasteiger charge is 2.33. The molecule has 1 aromatic rings. The predicted octanol–water partition coefficient (Wildman–Crippen LogP) is 3.53. The monoisotopic (exact) mass is 397 g/mol. The van der Waals surface area contributed by atoms with Crippen LogP contribution in [0.4, 0.5) is 4.39 Å². The fourth-order valence-corrected chi connectivity index (χ4v) is 4.20. The van der Waals surface area contributed by atoms with Gasteiger partial charge in [-0.1, -0.05) is 6.92 Å². The molecule has 0 spiro atoms. The normalized spacial score (nSPS) is 15.0. The number of carbonyl (C=O) groups is 1. The van der Waals surface area contributed by atoms with Gasteiger partial charge in [-0.25, -0.2) is 12.8 Å². The molecule has 2 rings (SSSR count). The summed E-state index contributed by atoms with van der Waals surface area (Å²) in [6, 6.07) is 2.31. The highest BCUT2D eigenvalue weighted by Crippen LogP contribution is 2.32. The lowest BCUT2D eigenvalue weighted by Gasteiger charge is -2.22. The second-order valence-corrected chi connectivity index (χ2v) is 8.27. The second kappa shape index (κ2) is 6.22. The molecule has 0 N–H and O–H groups in total. The molecule has 0 atom stereocenters. The molecular formula is C13H14BrClFNO3S. The Morgan fingerprint density at radius 3 is 2.57 bits per heavy atom. The van der Waals surface area contributed by atoms with E-state index in [2.05, 4.69) is 15.9 Å². The Morgan fingerprint density at radius 1 is 1.48 bits per heavy atom. The zero-order chi connectivity index (χ0) is 15.8. The van der Waals surface area contributed by atoms with E-state index in [1.54, 1.807) is 4.90 Å². The van der Waals surface area contributed by atoms with Gasteiger partial charge in [0.05, 0.1) is 4.47 Å². The highest BCUT2D eigenvalue weighted by atomic mass is 79.9. The van der Waals surface area contributed by atoms with Gasteiger partial charge in [-0.15, -0.1) is 0 Å². The van der Waals surface area contributed by atoms with Crippen molar-refractivity contribution in [3.05, 3.63) is 28.0 Å².